The first-order chi connectivity index (χ1) is 14.0. The van der Waals surface area contributed by atoms with Crippen molar-refractivity contribution >= 4 is 15.6 Å². The Labute approximate surface area is 179 Å². The van der Waals surface area contributed by atoms with Crippen molar-refractivity contribution in [2.75, 3.05) is 0 Å². The molecule has 3 aromatic carbocycles. The number of carbonyl (C=O) groups excluding carboxylic acids is 1. The topological polar surface area (TPSA) is 51.2 Å². The van der Waals surface area contributed by atoms with Crippen molar-refractivity contribution in [3.8, 4) is 11.1 Å². The van der Waals surface area contributed by atoms with Crippen LogP contribution < -0.4 is 0 Å². The Hall–Kier alpha value is -2.72. The molecular weight excluding hydrogens is 392 g/mol. The molecule has 3 aromatic rings. The molecule has 0 aliphatic heterocycles. The van der Waals surface area contributed by atoms with Crippen molar-refractivity contribution < 1.29 is 13.2 Å². The molecule has 0 unspecified atom stereocenters. The highest BCUT2D eigenvalue weighted by Crippen LogP contribution is 2.22. The van der Waals surface area contributed by atoms with Gasteiger partial charge in [-0.25, -0.2) is 8.42 Å². The molecule has 3 nitrogen and oxygen atoms in total. The Morgan fingerprint density at radius 3 is 1.70 bits per heavy atom. The summed E-state index contributed by atoms with van der Waals surface area (Å²) in [5, 5.41) is 0. The molecule has 0 aromatic heterocycles. The third-order valence-corrected chi connectivity index (χ3v) is 7.85. The molecule has 0 atom stereocenters. The van der Waals surface area contributed by atoms with Gasteiger partial charge in [0, 0.05) is 12.0 Å². The van der Waals surface area contributed by atoms with Crippen LogP contribution in [0.2, 0.25) is 0 Å². The van der Waals surface area contributed by atoms with Gasteiger partial charge in [0.05, 0.1) is 10.5 Å². The van der Waals surface area contributed by atoms with Gasteiger partial charge in [0.1, 0.15) is 0 Å². The second-order valence-electron chi connectivity index (χ2n) is 8.73. The number of benzene rings is 3. The molecule has 156 valence electrons. The Balaban J connectivity index is 1.66. The van der Waals surface area contributed by atoms with E-state index in [1.54, 1.807) is 45.0 Å². The van der Waals surface area contributed by atoms with Crippen molar-refractivity contribution in [1.82, 2.24) is 0 Å². The van der Waals surface area contributed by atoms with Gasteiger partial charge in [-0.05, 0) is 49.9 Å². The fourth-order valence-electron chi connectivity index (χ4n) is 3.07. The molecule has 0 aliphatic carbocycles. The fourth-order valence-corrected chi connectivity index (χ4v) is 4.14. The highest BCUT2D eigenvalue weighted by molar-refractivity contribution is 7.91. The van der Waals surface area contributed by atoms with Crippen molar-refractivity contribution in [2.45, 2.75) is 44.6 Å². The zero-order valence-corrected chi connectivity index (χ0v) is 18.8. The van der Waals surface area contributed by atoms with Gasteiger partial charge in [0.15, 0.2) is 15.6 Å². The average molecular weight is 421 g/mol. The first-order valence-corrected chi connectivity index (χ1v) is 11.7. The van der Waals surface area contributed by atoms with Gasteiger partial charge in [-0.15, -0.1) is 0 Å². The van der Waals surface area contributed by atoms with E-state index in [2.05, 4.69) is 31.2 Å². The summed E-state index contributed by atoms with van der Waals surface area (Å²) in [6.07, 6.45) is 0.313. The lowest BCUT2D eigenvalue weighted by molar-refractivity contribution is 0.0993. The fraction of sp³-hybridized carbons (Fsp3) is 0.269. The molecule has 0 fully saturated rings. The summed E-state index contributed by atoms with van der Waals surface area (Å²) in [7, 11) is -3.25. The predicted molar refractivity (Wildman–Crippen MR) is 123 cm³/mol. The van der Waals surface area contributed by atoms with Crippen LogP contribution in [0, 0.1) is 6.92 Å². The maximum Gasteiger partial charge on any atom is 0.167 e. The van der Waals surface area contributed by atoms with E-state index in [1.807, 2.05) is 24.3 Å². The summed E-state index contributed by atoms with van der Waals surface area (Å²) >= 11 is 0. The molecule has 4 heteroatoms. The van der Waals surface area contributed by atoms with E-state index in [0.717, 1.165) is 16.7 Å². The molecule has 0 aliphatic rings. The van der Waals surface area contributed by atoms with Crippen LogP contribution in [-0.4, -0.2) is 18.9 Å². The summed E-state index contributed by atoms with van der Waals surface area (Å²) in [4.78, 5) is 12.6. The number of rotatable bonds is 6. The molecule has 0 heterocycles. The minimum absolute atomic E-state index is 0.0170. The van der Waals surface area contributed by atoms with Crippen LogP contribution in [0.5, 0.6) is 0 Å². The summed E-state index contributed by atoms with van der Waals surface area (Å²) < 4.78 is 23.9. The molecule has 0 N–H and O–H groups in total. The summed E-state index contributed by atoms with van der Waals surface area (Å²) in [6, 6.07) is 23.3. The molecule has 0 radical (unpaired) electrons. The number of carbonyl (C=O) groups is 1. The Kier molecular flexibility index (Phi) is 6.27. The third kappa shape index (κ3) is 5.25. The van der Waals surface area contributed by atoms with Crippen LogP contribution >= 0.6 is 0 Å². The summed E-state index contributed by atoms with van der Waals surface area (Å²) in [5.41, 5.74) is 5.74. The smallest absolute Gasteiger partial charge is 0.167 e. The Morgan fingerprint density at radius 1 is 0.733 bits per heavy atom. The van der Waals surface area contributed by atoms with Gasteiger partial charge >= 0.3 is 0 Å². The van der Waals surface area contributed by atoms with Gasteiger partial charge in [-0.1, -0.05) is 78.4 Å². The highest BCUT2D eigenvalue weighted by atomic mass is 32.2. The van der Waals surface area contributed by atoms with Crippen LogP contribution in [0.3, 0.4) is 0 Å². The van der Waals surface area contributed by atoms with Gasteiger partial charge in [-0.2, -0.15) is 0 Å². The third-order valence-electron chi connectivity index (χ3n) is 5.27. The van der Waals surface area contributed by atoms with E-state index < -0.39 is 14.6 Å². The Morgan fingerprint density at radius 2 is 1.20 bits per heavy atom. The molecule has 0 saturated carbocycles. The van der Waals surface area contributed by atoms with Gasteiger partial charge < -0.3 is 0 Å². The van der Waals surface area contributed by atoms with Crippen molar-refractivity contribution in [2.24, 2.45) is 0 Å². The first-order valence-electron chi connectivity index (χ1n) is 10.1. The molecule has 0 spiro atoms. The second kappa shape index (κ2) is 8.57. The van der Waals surface area contributed by atoms with E-state index in [4.69, 9.17) is 0 Å². The normalized spacial score (nSPS) is 12.0. The van der Waals surface area contributed by atoms with Gasteiger partial charge in [0.25, 0.3) is 0 Å². The zero-order chi connectivity index (χ0) is 21.9. The van der Waals surface area contributed by atoms with E-state index >= 15 is 0 Å². The average Bonchev–Trinajstić information content (AvgIpc) is 2.68. The van der Waals surface area contributed by atoms with E-state index in [0.29, 0.717) is 17.5 Å². The van der Waals surface area contributed by atoms with Crippen molar-refractivity contribution in [3.05, 3.63) is 95.1 Å². The number of aryl methyl sites for hydroxylation is 1. The molecule has 0 saturated heterocycles. The number of Topliss-reactive ketones (excluding diaryl/α,β-unsaturated/α-hetero) is 1. The maximum absolute atomic E-state index is 12.6. The van der Waals surface area contributed by atoms with Crippen LogP contribution in [0.1, 0.15) is 47.8 Å². The summed E-state index contributed by atoms with van der Waals surface area (Å²) in [5.74, 6) is -0.00542. The highest BCUT2D eigenvalue weighted by Gasteiger charge is 2.28. The lowest BCUT2D eigenvalue weighted by Gasteiger charge is -2.19. The minimum atomic E-state index is -3.25. The largest absolute Gasteiger partial charge is 0.294 e. The van der Waals surface area contributed by atoms with Crippen LogP contribution in [0.25, 0.3) is 11.1 Å². The quantitative estimate of drug-likeness (QED) is 0.474. The van der Waals surface area contributed by atoms with Crippen LogP contribution in [0.15, 0.2) is 72.8 Å². The van der Waals surface area contributed by atoms with Crippen LogP contribution in [-0.2, 0) is 22.0 Å². The lowest BCUT2D eigenvalue weighted by Crippen LogP contribution is -2.29. The Bertz CT molecular complexity index is 1120. The maximum atomic E-state index is 12.6. The molecule has 0 bridgehead atoms. The van der Waals surface area contributed by atoms with E-state index in [1.165, 1.54) is 5.56 Å². The lowest BCUT2D eigenvalue weighted by atomic mass is 9.99. The number of sulfone groups is 1. The van der Waals surface area contributed by atoms with Crippen molar-refractivity contribution in [3.63, 3.8) is 0 Å². The zero-order valence-electron chi connectivity index (χ0n) is 18.0. The number of hydrogen-bond donors (Lipinski definition) is 0. The predicted octanol–water partition coefficient (Wildman–Crippen LogP) is 5.80. The molecule has 3 rings (SSSR count). The monoisotopic (exact) mass is 420 g/mol. The number of hydrogen-bond acceptors (Lipinski definition) is 3. The van der Waals surface area contributed by atoms with E-state index in [9.17, 15) is 13.2 Å². The van der Waals surface area contributed by atoms with E-state index in [-0.39, 0.29) is 11.5 Å². The minimum Gasteiger partial charge on any atom is -0.294 e. The van der Waals surface area contributed by atoms with Gasteiger partial charge in [-0.3, -0.25) is 4.79 Å². The second-order valence-corrected chi connectivity index (χ2v) is 11.5. The first kappa shape index (κ1) is 22.0. The molecular formula is C26H28O3S. The molecule has 0 amide bonds. The standard InChI is InChI=1S/C26H28O3S/c1-19-5-11-22(12-6-19)23-13-7-20(8-14-23)17-25(27)24-15-9-21(10-16-24)18-30(28,29)26(2,3)4/h5-16H,17-18H2,1-4H3. The number of ketones is 1. The molecule has 30 heavy (non-hydrogen) atoms. The van der Waals surface area contributed by atoms with Gasteiger partial charge in [0.2, 0.25) is 0 Å². The SMILES string of the molecule is Cc1ccc(-c2ccc(CC(=O)c3ccc(CS(=O)(=O)C(C)(C)C)cc3)cc2)cc1. The summed E-state index contributed by atoms with van der Waals surface area (Å²) in [6.45, 7) is 7.16. The van der Waals surface area contributed by atoms with Crippen LogP contribution in [0.4, 0.5) is 0 Å². The van der Waals surface area contributed by atoms with Crippen molar-refractivity contribution in [1.29, 1.82) is 0 Å².